The fourth-order valence-corrected chi connectivity index (χ4v) is 1.73. The van der Waals surface area contributed by atoms with E-state index in [-0.39, 0.29) is 5.15 Å². The van der Waals surface area contributed by atoms with Crippen molar-refractivity contribution >= 4 is 17.4 Å². The van der Waals surface area contributed by atoms with Crippen LogP contribution in [0, 0.1) is 22.7 Å². The lowest BCUT2D eigenvalue weighted by Crippen LogP contribution is -2.15. The zero-order valence-corrected chi connectivity index (χ0v) is 10.1. The van der Waals surface area contributed by atoms with Crippen LogP contribution in [0.25, 0.3) is 0 Å². The number of aromatic nitrogens is 1. The quantitative estimate of drug-likeness (QED) is 0.736. The zero-order valence-electron chi connectivity index (χ0n) is 9.37. The number of rotatable bonds is 2. The summed E-state index contributed by atoms with van der Waals surface area (Å²) in [6, 6.07) is 4.08. The molecular weight excluding hydrogens is 224 g/mol. The summed E-state index contributed by atoms with van der Waals surface area (Å²) in [6.07, 6.45) is 0.578. The molecule has 1 heterocycles. The predicted molar refractivity (Wildman–Crippen MR) is 62.4 cm³/mol. The molecule has 16 heavy (non-hydrogen) atoms. The smallest absolute Gasteiger partial charge is 0.149 e. The van der Waals surface area contributed by atoms with Crippen molar-refractivity contribution in [1.82, 2.24) is 4.98 Å². The van der Waals surface area contributed by atoms with Crippen LogP contribution in [0.4, 0.5) is 5.82 Å². The van der Waals surface area contributed by atoms with E-state index in [0.29, 0.717) is 28.9 Å². The van der Waals surface area contributed by atoms with Crippen LogP contribution in [0.3, 0.4) is 0 Å². The van der Waals surface area contributed by atoms with E-state index >= 15 is 0 Å². The third-order valence-electron chi connectivity index (χ3n) is 2.24. The van der Waals surface area contributed by atoms with Gasteiger partial charge in [-0.1, -0.05) is 18.5 Å². The van der Waals surface area contributed by atoms with Crippen molar-refractivity contribution in [3.05, 3.63) is 21.8 Å². The van der Waals surface area contributed by atoms with Gasteiger partial charge in [0.2, 0.25) is 0 Å². The van der Waals surface area contributed by atoms with Gasteiger partial charge in [-0.05, 0) is 12.0 Å². The van der Waals surface area contributed by atoms with E-state index in [0.717, 1.165) is 0 Å². The first-order chi connectivity index (χ1) is 7.56. The molecule has 0 amide bonds. The Morgan fingerprint density at radius 3 is 2.19 bits per heavy atom. The van der Waals surface area contributed by atoms with Gasteiger partial charge < -0.3 is 4.90 Å². The molecule has 1 aromatic heterocycles. The maximum Gasteiger partial charge on any atom is 0.149 e. The Balaban J connectivity index is 3.67. The second-order valence-corrected chi connectivity index (χ2v) is 3.78. The first-order valence-electron chi connectivity index (χ1n) is 4.76. The van der Waals surface area contributed by atoms with Crippen molar-refractivity contribution in [3.8, 4) is 12.1 Å². The van der Waals surface area contributed by atoms with E-state index in [9.17, 15) is 0 Å². The van der Waals surface area contributed by atoms with E-state index < -0.39 is 0 Å². The fourth-order valence-electron chi connectivity index (χ4n) is 1.50. The summed E-state index contributed by atoms with van der Waals surface area (Å²) in [5.74, 6) is 0.503. The minimum atomic E-state index is 0.155. The number of hydrogen-bond acceptors (Lipinski definition) is 4. The number of nitriles is 2. The van der Waals surface area contributed by atoms with Crippen LogP contribution in [-0.4, -0.2) is 19.1 Å². The number of hydrogen-bond donors (Lipinski definition) is 0. The van der Waals surface area contributed by atoms with Crippen molar-refractivity contribution < 1.29 is 0 Å². The molecule has 82 valence electrons. The van der Waals surface area contributed by atoms with E-state index in [4.69, 9.17) is 22.1 Å². The maximum absolute atomic E-state index is 9.12. The topological polar surface area (TPSA) is 63.7 Å². The zero-order chi connectivity index (χ0) is 12.3. The Bertz CT molecular complexity index is 494. The molecule has 0 aromatic carbocycles. The number of halogens is 1. The molecule has 0 aliphatic rings. The largest absolute Gasteiger partial charge is 0.362 e. The molecule has 1 aromatic rings. The Kier molecular flexibility index (Phi) is 3.71. The Hall–Kier alpha value is -1.78. The number of anilines is 1. The Morgan fingerprint density at radius 1 is 1.25 bits per heavy atom. The van der Waals surface area contributed by atoms with E-state index in [1.165, 1.54) is 0 Å². The highest BCUT2D eigenvalue weighted by molar-refractivity contribution is 6.30. The third kappa shape index (κ3) is 1.93. The van der Waals surface area contributed by atoms with Gasteiger partial charge in [-0.15, -0.1) is 0 Å². The summed E-state index contributed by atoms with van der Waals surface area (Å²) >= 11 is 5.92. The van der Waals surface area contributed by atoms with Crippen molar-refractivity contribution in [1.29, 1.82) is 10.5 Å². The van der Waals surface area contributed by atoms with Crippen LogP contribution in [0.1, 0.15) is 23.6 Å². The van der Waals surface area contributed by atoms with E-state index in [2.05, 4.69) is 11.1 Å². The molecule has 0 saturated heterocycles. The van der Waals surface area contributed by atoms with Gasteiger partial charge in [0.1, 0.15) is 23.1 Å². The molecule has 4 nitrogen and oxygen atoms in total. The van der Waals surface area contributed by atoms with Gasteiger partial charge in [-0.25, -0.2) is 4.98 Å². The molecule has 0 fully saturated rings. The lowest BCUT2D eigenvalue weighted by Gasteiger charge is -2.16. The van der Waals surface area contributed by atoms with Gasteiger partial charge in [0.25, 0.3) is 0 Å². The average Bonchev–Trinajstić information content (AvgIpc) is 2.27. The fraction of sp³-hybridized carbons (Fsp3) is 0.364. The van der Waals surface area contributed by atoms with Gasteiger partial charge in [0.05, 0.1) is 11.1 Å². The Labute approximate surface area is 99.7 Å². The molecule has 1 rings (SSSR count). The molecule has 0 aliphatic heterocycles. The summed E-state index contributed by atoms with van der Waals surface area (Å²) < 4.78 is 0. The van der Waals surface area contributed by atoms with Crippen LogP contribution in [0.5, 0.6) is 0 Å². The summed E-state index contributed by atoms with van der Waals surface area (Å²) in [5, 5.41) is 18.3. The first-order valence-corrected chi connectivity index (χ1v) is 5.14. The highest BCUT2D eigenvalue weighted by atomic mass is 35.5. The molecule has 0 radical (unpaired) electrons. The predicted octanol–water partition coefficient (Wildman–Crippen LogP) is 2.11. The molecule has 0 atom stereocenters. The van der Waals surface area contributed by atoms with Crippen LogP contribution in [0.2, 0.25) is 5.15 Å². The van der Waals surface area contributed by atoms with Crippen molar-refractivity contribution in [2.45, 2.75) is 13.3 Å². The molecule has 0 N–H and O–H groups in total. The highest BCUT2D eigenvalue weighted by Crippen LogP contribution is 2.27. The van der Waals surface area contributed by atoms with Crippen LogP contribution in [0.15, 0.2) is 0 Å². The lowest BCUT2D eigenvalue weighted by atomic mass is 10.0. The number of pyridine rings is 1. The minimum absolute atomic E-state index is 0.155. The van der Waals surface area contributed by atoms with Crippen molar-refractivity contribution in [2.75, 3.05) is 19.0 Å². The SMILES string of the molecule is CCc1c(C#N)c(Cl)nc(N(C)C)c1C#N. The highest BCUT2D eigenvalue weighted by Gasteiger charge is 2.18. The normalized spacial score (nSPS) is 9.38. The maximum atomic E-state index is 9.12. The molecule has 0 saturated carbocycles. The second-order valence-electron chi connectivity index (χ2n) is 3.43. The summed E-state index contributed by atoms with van der Waals surface area (Å²) in [4.78, 5) is 5.78. The van der Waals surface area contributed by atoms with Crippen molar-refractivity contribution in [3.63, 3.8) is 0 Å². The summed E-state index contributed by atoms with van der Waals surface area (Å²) in [7, 11) is 3.57. The third-order valence-corrected chi connectivity index (χ3v) is 2.51. The molecule has 0 aliphatic carbocycles. The molecule has 0 spiro atoms. The summed E-state index contributed by atoms with van der Waals surface area (Å²) in [6.45, 7) is 1.88. The van der Waals surface area contributed by atoms with Gasteiger partial charge in [-0.2, -0.15) is 10.5 Å². The van der Waals surface area contributed by atoms with Gasteiger partial charge in [0.15, 0.2) is 0 Å². The van der Waals surface area contributed by atoms with Crippen LogP contribution < -0.4 is 4.90 Å². The van der Waals surface area contributed by atoms with E-state index in [1.807, 2.05) is 13.0 Å². The molecule has 0 bridgehead atoms. The standard InChI is InChI=1S/C11H11ClN4/c1-4-7-8(5-13)10(12)15-11(16(2)3)9(7)6-14/h4H2,1-3H3. The van der Waals surface area contributed by atoms with Crippen LogP contribution >= 0.6 is 11.6 Å². The lowest BCUT2D eigenvalue weighted by molar-refractivity contribution is 1.02. The van der Waals surface area contributed by atoms with Gasteiger partial charge in [-0.3, -0.25) is 0 Å². The van der Waals surface area contributed by atoms with Gasteiger partial charge in [0, 0.05) is 14.1 Å². The number of nitrogens with zero attached hydrogens (tertiary/aromatic N) is 4. The van der Waals surface area contributed by atoms with Gasteiger partial charge >= 0.3 is 0 Å². The van der Waals surface area contributed by atoms with E-state index in [1.54, 1.807) is 19.0 Å². The minimum Gasteiger partial charge on any atom is -0.362 e. The molecule has 0 unspecified atom stereocenters. The first kappa shape index (κ1) is 12.3. The molecular formula is C11H11ClN4. The molecule has 5 heteroatoms. The average molecular weight is 235 g/mol. The second kappa shape index (κ2) is 4.83. The Morgan fingerprint density at radius 2 is 1.81 bits per heavy atom. The monoisotopic (exact) mass is 234 g/mol. The summed E-state index contributed by atoms with van der Waals surface area (Å²) in [5.41, 5.74) is 1.38. The van der Waals surface area contributed by atoms with Crippen molar-refractivity contribution in [2.24, 2.45) is 0 Å². The van der Waals surface area contributed by atoms with Crippen LogP contribution in [-0.2, 0) is 6.42 Å².